The molecule has 2 fully saturated rings. The average molecular weight is 224 g/mol. The van der Waals surface area contributed by atoms with Gasteiger partial charge in [0.15, 0.2) is 0 Å². The lowest BCUT2D eigenvalue weighted by atomic mass is 10.2. The van der Waals surface area contributed by atoms with Gasteiger partial charge in [0.1, 0.15) is 11.0 Å². The second kappa shape index (κ2) is 2.38. The first-order chi connectivity index (χ1) is 7.24. The van der Waals surface area contributed by atoms with Crippen LogP contribution in [0.3, 0.4) is 0 Å². The number of piperidine rings is 1. The number of anilines is 1. The summed E-state index contributed by atoms with van der Waals surface area (Å²) in [6.07, 6.45) is 1.34. The van der Waals surface area contributed by atoms with Crippen LogP contribution in [0.4, 0.5) is 5.82 Å². The molecule has 1 saturated heterocycles. The van der Waals surface area contributed by atoms with Crippen molar-refractivity contribution in [2.45, 2.75) is 19.0 Å². The Balaban J connectivity index is 1.90. The monoisotopic (exact) mass is 223 g/mol. The Labute approximate surface area is 91.5 Å². The van der Waals surface area contributed by atoms with Gasteiger partial charge in [-0.05, 0) is 18.3 Å². The molecule has 1 aromatic heterocycles. The second-order valence-corrected chi connectivity index (χ2v) is 5.10. The molecule has 3 atom stereocenters. The standard InChI is InChI=1S/C10H10ClN3O/c11-8-2-9-13-3-5-1-6(5)7(13)4-14(9)10(15)12-8/h2,5-7H,1,3-4H2. The quantitative estimate of drug-likeness (QED) is 0.609. The zero-order chi connectivity index (χ0) is 10.2. The van der Waals surface area contributed by atoms with Gasteiger partial charge >= 0.3 is 5.69 Å². The minimum Gasteiger partial charge on any atom is -0.352 e. The van der Waals surface area contributed by atoms with E-state index in [1.54, 1.807) is 4.57 Å². The zero-order valence-corrected chi connectivity index (χ0v) is 8.81. The highest BCUT2D eigenvalue weighted by Crippen LogP contribution is 2.53. The Bertz CT molecular complexity index is 512. The van der Waals surface area contributed by atoms with Gasteiger partial charge in [0.05, 0.1) is 6.04 Å². The highest BCUT2D eigenvalue weighted by atomic mass is 35.5. The third-order valence-corrected chi connectivity index (χ3v) is 4.12. The van der Waals surface area contributed by atoms with Crippen LogP contribution in [0, 0.1) is 11.8 Å². The van der Waals surface area contributed by atoms with Gasteiger partial charge in [-0.1, -0.05) is 11.6 Å². The van der Waals surface area contributed by atoms with Crippen molar-refractivity contribution in [3.05, 3.63) is 21.7 Å². The molecule has 15 heavy (non-hydrogen) atoms. The average Bonchev–Trinajstić information content (AvgIpc) is 2.71. The molecule has 1 saturated carbocycles. The number of hydrogen-bond acceptors (Lipinski definition) is 3. The lowest BCUT2D eigenvalue weighted by molar-refractivity contribution is 0.559. The van der Waals surface area contributed by atoms with Gasteiger partial charge in [0.25, 0.3) is 0 Å². The summed E-state index contributed by atoms with van der Waals surface area (Å²) in [6, 6.07) is 2.34. The number of nitrogens with zero attached hydrogens (tertiary/aromatic N) is 3. The predicted molar refractivity (Wildman–Crippen MR) is 56.2 cm³/mol. The van der Waals surface area contributed by atoms with Gasteiger partial charge in [-0.3, -0.25) is 4.57 Å². The van der Waals surface area contributed by atoms with Crippen molar-refractivity contribution < 1.29 is 0 Å². The maximum Gasteiger partial charge on any atom is 0.350 e. The van der Waals surface area contributed by atoms with E-state index in [1.165, 1.54) is 6.42 Å². The van der Waals surface area contributed by atoms with Crippen molar-refractivity contribution in [3.63, 3.8) is 0 Å². The third-order valence-electron chi connectivity index (χ3n) is 3.93. The Morgan fingerprint density at radius 2 is 2.33 bits per heavy atom. The molecule has 3 aliphatic rings. The summed E-state index contributed by atoms with van der Waals surface area (Å²) in [7, 11) is 0. The van der Waals surface area contributed by atoms with Crippen LogP contribution in [0.2, 0.25) is 5.15 Å². The van der Waals surface area contributed by atoms with E-state index in [2.05, 4.69) is 9.88 Å². The maximum atomic E-state index is 11.6. The summed E-state index contributed by atoms with van der Waals surface area (Å²) < 4.78 is 1.76. The molecule has 0 bridgehead atoms. The lowest BCUT2D eigenvalue weighted by Gasteiger charge is -2.19. The van der Waals surface area contributed by atoms with Crippen LogP contribution in [-0.4, -0.2) is 22.1 Å². The van der Waals surface area contributed by atoms with E-state index in [4.69, 9.17) is 11.6 Å². The Kier molecular flexibility index (Phi) is 1.29. The summed E-state index contributed by atoms with van der Waals surface area (Å²) in [6.45, 7) is 1.90. The molecule has 1 aromatic rings. The molecule has 5 heteroatoms. The SMILES string of the molecule is O=c1nc(Cl)cc2n1CC1C3CC3CN21. The zero-order valence-electron chi connectivity index (χ0n) is 8.06. The fourth-order valence-electron chi connectivity index (χ4n) is 3.13. The number of hydrogen-bond donors (Lipinski definition) is 0. The van der Waals surface area contributed by atoms with E-state index >= 15 is 0 Å². The predicted octanol–water partition coefficient (Wildman–Crippen LogP) is 0.735. The molecule has 78 valence electrons. The first-order valence-corrected chi connectivity index (χ1v) is 5.66. The highest BCUT2D eigenvalue weighted by molar-refractivity contribution is 6.29. The number of aromatic nitrogens is 2. The highest BCUT2D eigenvalue weighted by Gasteiger charge is 2.55. The topological polar surface area (TPSA) is 38.1 Å². The van der Waals surface area contributed by atoms with Crippen LogP contribution in [0.15, 0.2) is 10.9 Å². The van der Waals surface area contributed by atoms with Crippen molar-refractivity contribution in [1.29, 1.82) is 0 Å². The van der Waals surface area contributed by atoms with E-state index in [0.717, 1.165) is 30.7 Å². The number of rotatable bonds is 0. The first kappa shape index (κ1) is 8.16. The van der Waals surface area contributed by atoms with Crippen LogP contribution >= 0.6 is 11.6 Å². The van der Waals surface area contributed by atoms with Crippen molar-refractivity contribution in [2.24, 2.45) is 11.8 Å². The van der Waals surface area contributed by atoms with Crippen molar-refractivity contribution in [2.75, 3.05) is 11.4 Å². The van der Waals surface area contributed by atoms with Crippen LogP contribution in [0.1, 0.15) is 6.42 Å². The molecule has 1 aliphatic carbocycles. The van der Waals surface area contributed by atoms with E-state index in [1.807, 2.05) is 6.07 Å². The molecule has 0 radical (unpaired) electrons. The Morgan fingerprint density at radius 1 is 1.47 bits per heavy atom. The minimum atomic E-state index is -0.205. The van der Waals surface area contributed by atoms with Crippen LogP contribution < -0.4 is 10.6 Å². The van der Waals surface area contributed by atoms with E-state index in [-0.39, 0.29) is 5.69 Å². The minimum absolute atomic E-state index is 0.205. The van der Waals surface area contributed by atoms with Crippen molar-refractivity contribution >= 4 is 17.4 Å². The molecule has 4 rings (SSSR count). The Hall–Kier alpha value is -1.03. The van der Waals surface area contributed by atoms with Gasteiger partial charge in [-0.15, -0.1) is 0 Å². The normalized spacial score (nSPS) is 35.0. The summed E-state index contributed by atoms with van der Waals surface area (Å²) in [5.41, 5.74) is -0.205. The maximum absolute atomic E-state index is 11.6. The summed E-state index contributed by atoms with van der Waals surface area (Å²) in [4.78, 5) is 17.7. The van der Waals surface area contributed by atoms with Crippen LogP contribution in [-0.2, 0) is 6.54 Å². The summed E-state index contributed by atoms with van der Waals surface area (Å²) in [5.74, 6) is 2.64. The molecule has 0 aromatic carbocycles. The lowest BCUT2D eigenvalue weighted by Crippen LogP contribution is -2.28. The number of halogens is 1. The van der Waals surface area contributed by atoms with Gasteiger partial charge in [-0.25, -0.2) is 4.79 Å². The summed E-state index contributed by atoms with van der Waals surface area (Å²) >= 11 is 5.82. The van der Waals surface area contributed by atoms with Crippen molar-refractivity contribution in [1.82, 2.24) is 9.55 Å². The third kappa shape index (κ3) is 0.930. The van der Waals surface area contributed by atoms with Gasteiger partial charge < -0.3 is 4.90 Å². The Morgan fingerprint density at radius 3 is 3.20 bits per heavy atom. The summed E-state index contributed by atoms with van der Waals surface area (Å²) in [5, 5.41) is 0.312. The molecule has 3 unspecified atom stereocenters. The molecule has 4 nitrogen and oxygen atoms in total. The van der Waals surface area contributed by atoms with Gasteiger partial charge in [0.2, 0.25) is 0 Å². The molecular weight excluding hydrogens is 214 g/mol. The van der Waals surface area contributed by atoms with Crippen LogP contribution in [0.25, 0.3) is 0 Å². The molecule has 3 heterocycles. The van der Waals surface area contributed by atoms with Crippen molar-refractivity contribution in [3.8, 4) is 0 Å². The smallest absolute Gasteiger partial charge is 0.350 e. The molecule has 0 N–H and O–H groups in total. The van der Waals surface area contributed by atoms with E-state index in [0.29, 0.717) is 11.2 Å². The van der Waals surface area contributed by atoms with E-state index in [9.17, 15) is 4.79 Å². The van der Waals surface area contributed by atoms with Gasteiger partial charge in [-0.2, -0.15) is 4.98 Å². The largest absolute Gasteiger partial charge is 0.352 e. The molecular formula is C10H10ClN3O. The molecule has 2 aliphatic heterocycles. The van der Waals surface area contributed by atoms with E-state index < -0.39 is 0 Å². The fourth-order valence-corrected chi connectivity index (χ4v) is 3.30. The van der Waals surface area contributed by atoms with Crippen LogP contribution in [0.5, 0.6) is 0 Å². The molecule has 0 spiro atoms. The second-order valence-electron chi connectivity index (χ2n) is 4.71. The molecule has 0 amide bonds. The number of fused-ring (bicyclic) bond motifs is 5. The van der Waals surface area contributed by atoms with Gasteiger partial charge in [0, 0.05) is 19.2 Å². The first-order valence-electron chi connectivity index (χ1n) is 5.28. The fraction of sp³-hybridized carbons (Fsp3) is 0.600.